The maximum Gasteiger partial charge on any atom is 0.305 e. The van der Waals surface area contributed by atoms with Crippen LogP contribution < -0.4 is 5.32 Å². The summed E-state index contributed by atoms with van der Waals surface area (Å²) in [4.78, 5) is 13.6. The van der Waals surface area contributed by atoms with Gasteiger partial charge in [0.25, 0.3) is 0 Å². The van der Waals surface area contributed by atoms with Crippen LogP contribution in [0.3, 0.4) is 0 Å². The Morgan fingerprint density at radius 2 is 2.17 bits per heavy atom. The fourth-order valence-electron chi connectivity index (χ4n) is 2.80. The molecule has 1 saturated heterocycles. The number of nitrogens with one attached hydrogen (secondary N) is 1. The molecule has 1 aliphatic heterocycles. The van der Waals surface area contributed by atoms with E-state index in [1.54, 1.807) is 0 Å². The molecule has 2 unspecified atom stereocenters. The first-order valence-electron chi connectivity index (χ1n) is 6.87. The van der Waals surface area contributed by atoms with E-state index in [1.165, 1.54) is 20.0 Å². The lowest BCUT2D eigenvalue weighted by molar-refractivity contribution is -0.142. The molecule has 1 aliphatic carbocycles. The maximum absolute atomic E-state index is 11.4. The highest BCUT2D eigenvalue weighted by Crippen LogP contribution is 2.25. The molecule has 0 bridgehead atoms. The number of carbonyl (C=O) groups excluding carboxylic acids is 1. The van der Waals surface area contributed by atoms with Crippen LogP contribution in [-0.2, 0) is 9.53 Å². The molecule has 1 saturated carbocycles. The van der Waals surface area contributed by atoms with Crippen LogP contribution >= 0.6 is 0 Å². The third-order valence-corrected chi connectivity index (χ3v) is 3.76. The van der Waals surface area contributed by atoms with E-state index in [2.05, 4.69) is 10.2 Å². The molecule has 0 amide bonds. The van der Waals surface area contributed by atoms with Crippen LogP contribution in [0.1, 0.15) is 25.7 Å². The lowest BCUT2D eigenvalue weighted by Gasteiger charge is -2.37. The zero-order valence-corrected chi connectivity index (χ0v) is 11.1. The van der Waals surface area contributed by atoms with Crippen molar-refractivity contribution in [1.82, 2.24) is 10.2 Å². The average Bonchev–Trinajstić information content (AvgIpc) is 3.13. The highest BCUT2D eigenvalue weighted by Gasteiger charge is 2.32. The molecular formula is C13H24N2O3. The average molecular weight is 256 g/mol. The summed E-state index contributed by atoms with van der Waals surface area (Å²) >= 11 is 0. The number of nitrogens with zero attached hydrogens (tertiary/aromatic N) is 1. The normalized spacial score (nSPS) is 29.2. The topological polar surface area (TPSA) is 61.8 Å². The van der Waals surface area contributed by atoms with E-state index in [0.717, 1.165) is 19.5 Å². The zero-order chi connectivity index (χ0) is 13.0. The van der Waals surface area contributed by atoms with Gasteiger partial charge in [-0.25, -0.2) is 0 Å². The first-order valence-corrected chi connectivity index (χ1v) is 6.87. The van der Waals surface area contributed by atoms with Crippen molar-refractivity contribution in [3.05, 3.63) is 0 Å². The molecule has 0 spiro atoms. The third-order valence-electron chi connectivity index (χ3n) is 3.76. The second-order valence-corrected chi connectivity index (χ2v) is 5.50. The minimum atomic E-state index is -0.129. The first-order chi connectivity index (χ1) is 8.71. The molecule has 0 radical (unpaired) electrons. The van der Waals surface area contributed by atoms with E-state index < -0.39 is 0 Å². The Labute approximate surface area is 108 Å². The van der Waals surface area contributed by atoms with Crippen molar-refractivity contribution in [3.63, 3.8) is 0 Å². The Balaban J connectivity index is 1.85. The number of methoxy groups -OCH3 is 1. The molecule has 5 nitrogen and oxygen atoms in total. The number of esters is 1. The number of rotatable bonds is 6. The second kappa shape index (κ2) is 6.50. The lowest BCUT2D eigenvalue weighted by atomic mass is 9.91. The van der Waals surface area contributed by atoms with Crippen molar-refractivity contribution in [2.24, 2.45) is 5.92 Å². The van der Waals surface area contributed by atoms with Gasteiger partial charge in [-0.2, -0.15) is 0 Å². The van der Waals surface area contributed by atoms with Gasteiger partial charge in [0, 0.05) is 38.1 Å². The summed E-state index contributed by atoms with van der Waals surface area (Å²) in [6.07, 6.45) is 4.07. The van der Waals surface area contributed by atoms with Gasteiger partial charge in [-0.05, 0) is 25.2 Å². The molecule has 1 heterocycles. The van der Waals surface area contributed by atoms with Crippen molar-refractivity contribution in [2.45, 2.75) is 37.8 Å². The number of ether oxygens (including phenoxy) is 1. The number of hydrogen-bond acceptors (Lipinski definition) is 5. The van der Waals surface area contributed by atoms with Crippen molar-refractivity contribution < 1.29 is 14.6 Å². The third kappa shape index (κ3) is 4.23. The lowest BCUT2D eigenvalue weighted by Crippen LogP contribution is -2.50. The van der Waals surface area contributed by atoms with Crippen LogP contribution in [-0.4, -0.2) is 61.4 Å². The number of aliphatic hydroxyl groups is 1. The van der Waals surface area contributed by atoms with Crippen LogP contribution in [0.5, 0.6) is 0 Å². The second-order valence-electron chi connectivity index (χ2n) is 5.50. The van der Waals surface area contributed by atoms with Crippen LogP contribution in [0.15, 0.2) is 0 Å². The summed E-state index contributed by atoms with van der Waals surface area (Å²) in [5.74, 6) is 0.213. The molecule has 18 heavy (non-hydrogen) atoms. The SMILES string of the molecule is COC(=O)CC1CC(NC2CC2)CN(CCO)C1. The van der Waals surface area contributed by atoms with Crippen molar-refractivity contribution >= 4 is 5.97 Å². The van der Waals surface area contributed by atoms with Gasteiger partial charge >= 0.3 is 5.97 Å². The molecule has 5 heteroatoms. The summed E-state index contributed by atoms with van der Waals surface area (Å²) in [6.45, 7) is 2.74. The quantitative estimate of drug-likeness (QED) is 0.654. The number of carbonyl (C=O) groups is 1. The zero-order valence-electron chi connectivity index (χ0n) is 11.1. The Morgan fingerprint density at radius 1 is 1.39 bits per heavy atom. The van der Waals surface area contributed by atoms with Crippen LogP contribution in [0.2, 0.25) is 0 Å². The molecule has 104 valence electrons. The van der Waals surface area contributed by atoms with Gasteiger partial charge in [0.1, 0.15) is 0 Å². The predicted molar refractivity (Wildman–Crippen MR) is 68.2 cm³/mol. The Kier molecular flexibility index (Phi) is 4.97. The minimum absolute atomic E-state index is 0.129. The molecule has 0 aromatic rings. The van der Waals surface area contributed by atoms with Gasteiger partial charge in [0.15, 0.2) is 0 Å². The predicted octanol–water partition coefficient (Wildman–Crippen LogP) is -0.0157. The number of β-amino-alcohol motifs (C(OH)–C–C–N with tert-alkyl or cyclic N) is 1. The van der Waals surface area contributed by atoms with Gasteiger partial charge in [0.05, 0.1) is 13.7 Å². The monoisotopic (exact) mass is 256 g/mol. The van der Waals surface area contributed by atoms with Crippen molar-refractivity contribution in [1.29, 1.82) is 0 Å². The maximum atomic E-state index is 11.4. The largest absolute Gasteiger partial charge is 0.469 e. The molecule has 0 aromatic heterocycles. The van der Waals surface area contributed by atoms with E-state index in [0.29, 0.717) is 31.0 Å². The van der Waals surface area contributed by atoms with E-state index in [-0.39, 0.29) is 12.6 Å². The van der Waals surface area contributed by atoms with Crippen LogP contribution in [0.25, 0.3) is 0 Å². The molecular weight excluding hydrogens is 232 g/mol. The minimum Gasteiger partial charge on any atom is -0.469 e. The van der Waals surface area contributed by atoms with Crippen LogP contribution in [0.4, 0.5) is 0 Å². The van der Waals surface area contributed by atoms with E-state index in [1.807, 2.05) is 0 Å². The summed E-state index contributed by atoms with van der Waals surface area (Å²) in [5, 5.41) is 12.7. The Bertz CT molecular complexity index is 281. The van der Waals surface area contributed by atoms with E-state index in [9.17, 15) is 4.79 Å². The fraction of sp³-hybridized carbons (Fsp3) is 0.923. The highest BCUT2D eigenvalue weighted by molar-refractivity contribution is 5.69. The molecule has 2 rings (SSSR count). The van der Waals surface area contributed by atoms with Gasteiger partial charge in [-0.1, -0.05) is 0 Å². The summed E-state index contributed by atoms with van der Waals surface area (Å²) < 4.78 is 4.75. The fourth-order valence-corrected chi connectivity index (χ4v) is 2.80. The van der Waals surface area contributed by atoms with E-state index in [4.69, 9.17) is 9.84 Å². The van der Waals surface area contributed by atoms with Crippen molar-refractivity contribution in [2.75, 3.05) is 33.4 Å². The highest BCUT2D eigenvalue weighted by atomic mass is 16.5. The number of aliphatic hydroxyl groups excluding tert-OH is 1. The summed E-state index contributed by atoms with van der Waals surface area (Å²) in [7, 11) is 1.44. The van der Waals surface area contributed by atoms with Gasteiger partial charge in [-0.3, -0.25) is 9.69 Å². The van der Waals surface area contributed by atoms with E-state index >= 15 is 0 Å². The Morgan fingerprint density at radius 3 is 2.78 bits per heavy atom. The smallest absolute Gasteiger partial charge is 0.305 e. The standard InChI is InChI=1S/C13H24N2O3/c1-18-13(17)7-10-6-12(14-11-2-3-11)9-15(8-10)4-5-16/h10-12,14,16H,2-9H2,1H3. The van der Waals surface area contributed by atoms with Crippen molar-refractivity contribution in [3.8, 4) is 0 Å². The Hall–Kier alpha value is -0.650. The molecule has 0 aromatic carbocycles. The molecule has 2 fully saturated rings. The summed E-state index contributed by atoms with van der Waals surface area (Å²) in [6, 6.07) is 1.13. The molecule has 2 aliphatic rings. The first kappa shape index (κ1) is 13.8. The number of likely N-dealkylation sites (tertiary alicyclic amines) is 1. The molecule has 2 N–H and O–H groups in total. The number of piperidine rings is 1. The van der Waals surface area contributed by atoms with Gasteiger partial charge < -0.3 is 15.2 Å². The number of hydrogen-bond donors (Lipinski definition) is 2. The summed E-state index contributed by atoms with van der Waals surface area (Å²) in [5.41, 5.74) is 0. The van der Waals surface area contributed by atoms with Gasteiger partial charge in [0.2, 0.25) is 0 Å². The van der Waals surface area contributed by atoms with Crippen LogP contribution in [0, 0.1) is 5.92 Å². The molecule has 2 atom stereocenters. The van der Waals surface area contributed by atoms with Gasteiger partial charge in [-0.15, -0.1) is 0 Å².